The molecule has 0 spiro atoms. The highest BCUT2D eigenvalue weighted by atomic mass is 32.1. The maximum absolute atomic E-state index is 5.58. The lowest BCUT2D eigenvalue weighted by molar-refractivity contribution is -0.0352. The van der Waals surface area contributed by atoms with Crippen molar-refractivity contribution >= 4 is 17.3 Å². The summed E-state index contributed by atoms with van der Waals surface area (Å²) in [5.74, 6) is 0.900. The lowest BCUT2D eigenvalue weighted by Gasteiger charge is -2.48. The summed E-state index contributed by atoms with van der Waals surface area (Å²) in [6, 6.07) is 0. The monoisotopic (exact) mass is 379 g/mol. The molecule has 0 bridgehead atoms. The third kappa shape index (κ3) is 5.18. The predicted octanol–water partition coefficient (Wildman–Crippen LogP) is 2.19. The van der Waals surface area contributed by atoms with Crippen molar-refractivity contribution in [2.24, 2.45) is 4.99 Å². The molecule has 0 atom stereocenters. The van der Waals surface area contributed by atoms with Gasteiger partial charge in [0.25, 0.3) is 0 Å². The molecule has 1 saturated heterocycles. The van der Waals surface area contributed by atoms with Gasteiger partial charge in [-0.25, -0.2) is 4.98 Å². The summed E-state index contributed by atoms with van der Waals surface area (Å²) in [6.45, 7) is 7.75. The molecule has 2 N–H and O–H groups in total. The quantitative estimate of drug-likeness (QED) is 0.586. The molecule has 1 aliphatic heterocycles. The van der Waals surface area contributed by atoms with Crippen LogP contribution >= 0.6 is 11.3 Å². The van der Waals surface area contributed by atoms with Gasteiger partial charge in [-0.1, -0.05) is 19.3 Å². The smallest absolute Gasteiger partial charge is 0.191 e. The van der Waals surface area contributed by atoms with Crippen molar-refractivity contribution in [2.75, 3.05) is 46.4 Å². The fraction of sp³-hybridized carbons (Fsp3) is 0.789. The van der Waals surface area contributed by atoms with Crippen LogP contribution in [-0.4, -0.2) is 67.8 Å². The summed E-state index contributed by atoms with van der Waals surface area (Å²) in [4.78, 5) is 12.8. The van der Waals surface area contributed by atoms with Crippen LogP contribution in [0.25, 0.3) is 0 Å². The van der Waals surface area contributed by atoms with E-state index in [4.69, 9.17) is 4.74 Å². The molecule has 1 saturated carbocycles. The maximum atomic E-state index is 5.58. The number of ether oxygens (including phenoxy) is 1. The molecule has 2 fully saturated rings. The number of thiazole rings is 1. The first-order chi connectivity index (χ1) is 12.7. The normalized spacial score (nSPS) is 21.5. The Morgan fingerprint density at radius 1 is 1.27 bits per heavy atom. The van der Waals surface area contributed by atoms with Crippen LogP contribution in [0.15, 0.2) is 11.2 Å². The number of hydrogen-bond donors (Lipinski definition) is 2. The molecule has 7 heteroatoms. The highest BCUT2D eigenvalue weighted by molar-refractivity contribution is 7.11. The molecule has 6 nitrogen and oxygen atoms in total. The fourth-order valence-electron chi connectivity index (χ4n) is 4.13. The van der Waals surface area contributed by atoms with Crippen LogP contribution in [0.5, 0.6) is 0 Å². The van der Waals surface area contributed by atoms with Gasteiger partial charge in [0.05, 0.1) is 18.2 Å². The Kier molecular flexibility index (Phi) is 7.28. The van der Waals surface area contributed by atoms with Crippen LogP contribution in [0, 0.1) is 6.92 Å². The van der Waals surface area contributed by atoms with Crippen molar-refractivity contribution in [1.82, 2.24) is 20.5 Å². The van der Waals surface area contributed by atoms with Crippen LogP contribution in [0.3, 0.4) is 0 Å². The standard InChI is InChI=1S/C19H33N5OS/c1-16-14-22-17(26-16)6-9-21-18(20-2)23-15-19(7-4-3-5-8-19)24-10-12-25-13-11-24/h14H,3-13,15H2,1-2H3,(H2,20,21,23). The molecule has 146 valence electrons. The molecule has 1 aromatic heterocycles. The lowest BCUT2D eigenvalue weighted by Crippen LogP contribution is -2.60. The highest BCUT2D eigenvalue weighted by Gasteiger charge is 2.38. The van der Waals surface area contributed by atoms with E-state index in [2.05, 4.69) is 32.4 Å². The van der Waals surface area contributed by atoms with Gasteiger partial charge in [-0.05, 0) is 19.8 Å². The molecule has 1 aliphatic carbocycles. The molecular weight excluding hydrogens is 346 g/mol. The molecule has 0 radical (unpaired) electrons. The Bertz CT molecular complexity index is 576. The number of rotatable bonds is 6. The summed E-state index contributed by atoms with van der Waals surface area (Å²) in [6.07, 6.45) is 9.45. The van der Waals surface area contributed by atoms with E-state index >= 15 is 0 Å². The Morgan fingerprint density at radius 3 is 2.69 bits per heavy atom. The van der Waals surface area contributed by atoms with Gasteiger partial charge < -0.3 is 15.4 Å². The second-order valence-corrected chi connectivity index (χ2v) is 8.67. The lowest BCUT2D eigenvalue weighted by atomic mass is 9.80. The van der Waals surface area contributed by atoms with Crippen molar-refractivity contribution in [3.8, 4) is 0 Å². The Balaban J connectivity index is 1.51. The van der Waals surface area contributed by atoms with Crippen LogP contribution in [0.4, 0.5) is 0 Å². The van der Waals surface area contributed by atoms with Crippen molar-refractivity contribution < 1.29 is 4.74 Å². The number of nitrogens with one attached hydrogen (secondary N) is 2. The van der Waals surface area contributed by atoms with E-state index in [9.17, 15) is 0 Å². The third-order valence-electron chi connectivity index (χ3n) is 5.58. The van der Waals surface area contributed by atoms with Crippen LogP contribution in [0.1, 0.15) is 42.0 Å². The zero-order valence-corrected chi connectivity index (χ0v) is 17.0. The number of hydrogen-bond acceptors (Lipinski definition) is 5. The maximum Gasteiger partial charge on any atom is 0.191 e. The van der Waals surface area contributed by atoms with Gasteiger partial charge in [-0.3, -0.25) is 9.89 Å². The average Bonchev–Trinajstić information content (AvgIpc) is 3.11. The minimum atomic E-state index is 0.256. The van der Waals surface area contributed by atoms with Gasteiger partial charge in [0.15, 0.2) is 5.96 Å². The molecular formula is C19H33N5OS. The van der Waals surface area contributed by atoms with E-state index in [0.29, 0.717) is 0 Å². The molecule has 3 rings (SSSR count). The molecule has 0 unspecified atom stereocenters. The molecule has 26 heavy (non-hydrogen) atoms. The van der Waals surface area contributed by atoms with Gasteiger partial charge in [0.2, 0.25) is 0 Å². The SMILES string of the molecule is CN=C(NCCc1ncc(C)s1)NCC1(N2CCOCC2)CCCCC1. The Labute approximate surface area is 161 Å². The van der Waals surface area contributed by atoms with E-state index < -0.39 is 0 Å². The van der Waals surface area contributed by atoms with Gasteiger partial charge in [0.1, 0.15) is 0 Å². The molecule has 0 aromatic carbocycles. The van der Waals surface area contributed by atoms with E-state index in [0.717, 1.165) is 51.8 Å². The van der Waals surface area contributed by atoms with Crippen LogP contribution in [-0.2, 0) is 11.2 Å². The van der Waals surface area contributed by atoms with Crippen molar-refractivity contribution in [2.45, 2.75) is 51.0 Å². The number of nitrogens with zero attached hydrogens (tertiary/aromatic N) is 3. The van der Waals surface area contributed by atoms with E-state index in [1.807, 2.05) is 13.2 Å². The first-order valence-electron chi connectivity index (χ1n) is 9.90. The minimum Gasteiger partial charge on any atom is -0.379 e. The minimum absolute atomic E-state index is 0.256. The number of aryl methyl sites for hydroxylation is 1. The summed E-state index contributed by atoms with van der Waals surface area (Å²) in [7, 11) is 1.85. The van der Waals surface area contributed by atoms with Crippen molar-refractivity contribution in [3.05, 3.63) is 16.1 Å². The molecule has 1 aromatic rings. The highest BCUT2D eigenvalue weighted by Crippen LogP contribution is 2.33. The predicted molar refractivity (Wildman–Crippen MR) is 108 cm³/mol. The molecule has 2 heterocycles. The molecule has 2 aliphatic rings. The summed E-state index contributed by atoms with van der Waals surface area (Å²) >= 11 is 1.77. The number of morpholine rings is 1. The zero-order valence-electron chi connectivity index (χ0n) is 16.2. The largest absolute Gasteiger partial charge is 0.379 e. The number of guanidine groups is 1. The molecule has 0 amide bonds. The van der Waals surface area contributed by atoms with Gasteiger partial charge in [-0.2, -0.15) is 0 Å². The van der Waals surface area contributed by atoms with Crippen LogP contribution < -0.4 is 10.6 Å². The Morgan fingerprint density at radius 2 is 2.04 bits per heavy atom. The average molecular weight is 380 g/mol. The van der Waals surface area contributed by atoms with E-state index in [1.54, 1.807) is 11.3 Å². The van der Waals surface area contributed by atoms with Crippen LogP contribution in [0.2, 0.25) is 0 Å². The topological polar surface area (TPSA) is 61.8 Å². The fourth-order valence-corrected chi connectivity index (χ4v) is 4.91. The number of aromatic nitrogens is 1. The third-order valence-corrected chi connectivity index (χ3v) is 6.55. The van der Waals surface area contributed by atoms with E-state index in [-0.39, 0.29) is 5.54 Å². The zero-order chi connectivity index (χ0) is 18.2. The number of aliphatic imine (C=N–C) groups is 1. The first-order valence-corrected chi connectivity index (χ1v) is 10.7. The summed E-state index contributed by atoms with van der Waals surface area (Å²) in [5.41, 5.74) is 0.256. The van der Waals surface area contributed by atoms with Gasteiger partial charge in [-0.15, -0.1) is 11.3 Å². The summed E-state index contributed by atoms with van der Waals surface area (Å²) < 4.78 is 5.58. The van der Waals surface area contributed by atoms with Gasteiger partial charge in [0, 0.05) is 56.3 Å². The van der Waals surface area contributed by atoms with E-state index in [1.165, 1.54) is 42.0 Å². The Hall–Kier alpha value is -1.18. The first kappa shape index (κ1) is 19.6. The second-order valence-electron chi connectivity index (χ2n) is 7.35. The van der Waals surface area contributed by atoms with Crippen molar-refractivity contribution in [1.29, 1.82) is 0 Å². The van der Waals surface area contributed by atoms with Gasteiger partial charge >= 0.3 is 0 Å². The van der Waals surface area contributed by atoms with Crippen molar-refractivity contribution in [3.63, 3.8) is 0 Å². The second kappa shape index (κ2) is 9.67. The summed E-state index contributed by atoms with van der Waals surface area (Å²) in [5, 5.41) is 8.24.